The van der Waals surface area contributed by atoms with Gasteiger partial charge in [-0.2, -0.15) is 0 Å². The van der Waals surface area contributed by atoms with Crippen LogP contribution in [0, 0.1) is 0 Å². The molecule has 1 rings (SSSR count). The zero-order valence-corrected chi connectivity index (χ0v) is 9.00. The Kier molecular flexibility index (Phi) is 5.49. The third-order valence-corrected chi connectivity index (χ3v) is 2.52. The van der Waals surface area contributed by atoms with Gasteiger partial charge < -0.3 is 24.8 Å². The van der Waals surface area contributed by atoms with E-state index in [0.717, 1.165) is 12.8 Å². The highest BCUT2D eigenvalue weighted by molar-refractivity contribution is 4.82. The van der Waals surface area contributed by atoms with E-state index >= 15 is 0 Å². The first kappa shape index (κ1) is 12.9. The molecule has 0 aromatic carbocycles. The summed E-state index contributed by atoms with van der Waals surface area (Å²) in [6.45, 7) is 2.31. The highest BCUT2D eigenvalue weighted by Gasteiger charge is 2.36. The zero-order chi connectivity index (χ0) is 11.3. The van der Waals surface area contributed by atoms with Crippen molar-refractivity contribution >= 4 is 0 Å². The van der Waals surface area contributed by atoms with Gasteiger partial charge >= 0.3 is 0 Å². The van der Waals surface area contributed by atoms with E-state index in [4.69, 9.17) is 14.6 Å². The van der Waals surface area contributed by atoms with Gasteiger partial charge in [0.1, 0.15) is 12.2 Å². The number of aliphatic hydroxyl groups excluding tert-OH is 3. The molecule has 0 saturated carbocycles. The first-order chi connectivity index (χ1) is 7.19. The van der Waals surface area contributed by atoms with Crippen LogP contribution in [0.4, 0.5) is 0 Å². The van der Waals surface area contributed by atoms with Crippen LogP contribution in [-0.4, -0.2) is 53.1 Å². The second-order valence-corrected chi connectivity index (χ2v) is 3.80. The highest BCUT2D eigenvalue weighted by Crippen LogP contribution is 2.21. The molecule has 1 saturated heterocycles. The van der Waals surface area contributed by atoms with Crippen molar-refractivity contribution in [3.05, 3.63) is 0 Å². The topological polar surface area (TPSA) is 79.2 Å². The van der Waals surface area contributed by atoms with Crippen LogP contribution in [-0.2, 0) is 9.47 Å². The number of hydrogen-bond acceptors (Lipinski definition) is 5. The van der Waals surface area contributed by atoms with Gasteiger partial charge in [0.25, 0.3) is 0 Å². The van der Waals surface area contributed by atoms with E-state index in [0.29, 0.717) is 6.61 Å². The minimum Gasteiger partial charge on any atom is -0.394 e. The van der Waals surface area contributed by atoms with Crippen LogP contribution in [0.2, 0.25) is 0 Å². The number of rotatable bonds is 5. The lowest BCUT2D eigenvalue weighted by molar-refractivity contribution is -0.256. The predicted molar refractivity (Wildman–Crippen MR) is 53.2 cm³/mol. The smallest absolute Gasteiger partial charge is 0.160 e. The third-order valence-electron chi connectivity index (χ3n) is 2.52. The Morgan fingerprint density at radius 2 is 2.13 bits per heavy atom. The molecule has 1 aliphatic rings. The fourth-order valence-electron chi connectivity index (χ4n) is 1.53. The highest BCUT2D eigenvalue weighted by atomic mass is 16.7. The zero-order valence-electron chi connectivity index (χ0n) is 9.00. The fraction of sp³-hybridized carbons (Fsp3) is 1.00. The lowest BCUT2D eigenvalue weighted by Crippen LogP contribution is -2.50. The molecule has 4 atom stereocenters. The standard InChI is InChI=1S/C10H20O5/c1-2-3-4-14-9-5-7(12)10(13)8(6-11)15-9/h7-13H,2-6H2,1H3/t7-,8-,9-,10+/m1/s1. The molecule has 1 aliphatic heterocycles. The van der Waals surface area contributed by atoms with Gasteiger partial charge in [-0.3, -0.25) is 0 Å². The van der Waals surface area contributed by atoms with Crippen LogP contribution in [0.15, 0.2) is 0 Å². The molecule has 15 heavy (non-hydrogen) atoms. The molecule has 0 unspecified atom stereocenters. The molecule has 0 spiro atoms. The summed E-state index contributed by atoms with van der Waals surface area (Å²) in [6, 6.07) is 0. The summed E-state index contributed by atoms with van der Waals surface area (Å²) >= 11 is 0. The third kappa shape index (κ3) is 3.70. The van der Waals surface area contributed by atoms with Crippen molar-refractivity contribution in [3.63, 3.8) is 0 Å². The van der Waals surface area contributed by atoms with Crippen LogP contribution >= 0.6 is 0 Å². The molecular weight excluding hydrogens is 200 g/mol. The molecule has 90 valence electrons. The van der Waals surface area contributed by atoms with Gasteiger partial charge in [0, 0.05) is 13.0 Å². The summed E-state index contributed by atoms with van der Waals surface area (Å²) < 4.78 is 10.7. The minimum atomic E-state index is -1.03. The van der Waals surface area contributed by atoms with Gasteiger partial charge in [0.2, 0.25) is 0 Å². The van der Waals surface area contributed by atoms with Crippen LogP contribution < -0.4 is 0 Å². The van der Waals surface area contributed by atoms with Crippen LogP contribution in [0.25, 0.3) is 0 Å². The van der Waals surface area contributed by atoms with Gasteiger partial charge in [0.05, 0.1) is 12.7 Å². The quantitative estimate of drug-likeness (QED) is 0.551. The van der Waals surface area contributed by atoms with E-state index in [9.17, 15) is 10.2 Å². The lowest BCUT2D eigenvalue weighted by Gasteiger charge is -2.36. The Hall–Kier alpha value is -0.200. The number of aliphatic hydroxyl groups is 3. The van der Waals surface area contributed by atoms with Crippen LogP contribution in [0.1, 0.15) is 26.2 Å². The Labute approximate surface area is 89.6 Å². The SMILES string of the molecule is CCCCO[C@H]1C[C@@H](O)[C@H](O)[C@@H](CO)O1. The van der Waals surface area contributed by atoms with Crippen LogP contribution in [0.5, 0.6) is 0 Å². The molecule has 0 aromatic rings. The summed E-state index contributed by atoms with van der Waals surface area (Å²) in [4.78, 5) is 0. The van der Waals surface area contributed by atoms with Gasteiger partial charge in [-0.05, 0) is 6.42 Å². The van der Waals surface area contributed by atoms with Crippen molar-refractivity contribution in [3.8, 4) is 0 Å². The van der Waals surface area contributed by atoms with E-state index < -0.39 is 24.6 Å². The monoisotopic (exact) mass is 220 g/mol. The van der Waals surface area contributed by atoms with Gasteiger partial charge in [-0.1, -0.05) is 13.3 Å². The maximum absolute atomic E-state index is 9.49. The van der Waals surface area contributed by atoms with Crippen molar-refractivity contribution in [1.82, 2.24) is 0 Å². The first-order valence-electron chi connectivity index (χ1n) is 5.43. The van der Waals surface area contributed by atoms with Gasteiger partial charge in [-0.25, -0.2) is 0 Å². The first-order valence-corrected chi connectivity index (χ1v) is 5.43. The van der Waals surface area contributed by atoms with Crippen molar-refractivity contribution in [2.75, 3.05) is 13.2 Å². The number of unbranched alkanes of at least 4 members (excludes halogenated alkanes) is 1. The second kappa shape index (κ2) is 6.40. The number of hydrogen-bond donors (Lipinski definition) is 3. The largest absolute Gasteiger partial charge is 0.394 e. The molecule has 1 heterocycles. The van der Waals surface area contributed by atoms with E-state index in [1.165, 1.54) is 0 Å². The molecule has 0 aromatic heterocycles. The Bertz CT molecular complexity index is 175. The van der Waals surface area contributed by atoms with Crippen molar-refractivity contribution < 1.29 is 24.8 Å². The van der Waals surface area contributed by atoms with E-state index in [-0.39, 0.29) is 13.0 Å². The summed E-state index contributed by atoms with van der Waals surface area (Å²) in [6.07, 6.45) is -0.971. The average Bonchev–Trinajstić information content (AvgIpc) is 2.23. The summed E-state index contributed by atoms with van der Waals surface area (Å²) in [5, 5.41) is 27.8. The Morgan fingerprint density at radius 3 is 2.73 bits per heavy atom. The molecule has 0 radical (unpaired) electrons. The molecule has 0 amide bonds. The molecule has 0 bridgehead atoms. The maximum Gasteiger partial charge on any atom is 0.160 e. The maximum atomic E-state index is 9.49. The number of ether oxygens (including phenoxy) is 2. The Morgan fingerprint density at radius 1 is 1.40 bits per heavy atom. The molecule has 5 heteroatoms. The van der Waals surface area contributed by atoms with Crippen LogP contribution in [0.3, 0.4) is 0 Å². The fourth-order valence-corrected chi connectivity index (χ4v) is 1.53. The normalized spacial score (nSPS) is 36.8. The minimum absolute atomic E-state index is 0.251. The second-order valence-electron chi connectivity index (χ2n) is 3.80. The molecule has 1 fully saturated rings. The van der Waals surface area contributed by atoms with Crippen molar-refractivity contribution in [2.45, 2.75) is 50.8 Å². The molecular formula is C10H20O5. The molecule has 0 aliphatic carbocycles. The summed E-state index contributed by atoms with van der Waals surface area (Å²) in [7, 11) is 0. The van der Waals surface area contributed by atoms with E-state index in [1.807, 2.05) is 0 Å². The lowest BCUT2D eigenvalue weighted by atomic mass is 10.0. The van der Waals surface area contributed by atoms with Gasteiger partial charge in [-0.15, -0.1) is 0 Å². The molecule has 3 N–H and O–H groups in total. The van der Waals surface area contributed by atoms with Crippen molar-refractivity contribution in [1.29, 1.82) is 0 Å². The Balaban J connectivity index is 2.34. The van der Waals surface area contributed by atoms with E-state index in [2.05, 4.69) is 6.92 Å². The van der Waals surface area contributed by atoms with E-state index in [1.54, 1.807) is 0 Å². The predicted octanol–water partition coefficient (Wildman–Crippen LogP) is -0.368. The summed E-state index contributed by atoms with van der Waals surface area (Å²) in [5.74, 6) is 0. The van der Waals surface area contributed by atoms with Crippen molar-refractivity contribution in [2.24, 2.45) is 0 Å². The van der Waals surface area contributed by atoms with Gasteiger partial charge in [0.15, 0.2) is 6.29 Å². The molecule has 5 nitrogen and oxygen atoms in total. The summed E-state index contributed by atoms with van der Waals surface area (Å²) in [5.41, 5.74) is 0. The average molecular weight is 220 g/mol.